The molecule has 0 aliphatic carbocycles. The number of amides is 1. The Bertz CT molecular complexity index is 793. The molecule has 0 aliphatic heterocycles. The van der Waals surface area contributed by atoms with Crippen LogP contribution in [0.5, 0.6) is 0 Å². The number of sulfone groups is 1. The lowest BCUT2D eigenvalue weighted by Gasteiger charge is -2.09. The Balaban J connectivity index is 2.13. The van der Waals surface area contributed by atoms with E-state index < -0.39 is 9.84 Å². The zero-order chi connectivity index (χ0) is 17.0. The molecule has 2 aromatic carbocycles. The fourth-order valence-electron chi connectivity index (χ4n) is 2.26. The second-order valence-electron chi connectivity index (χ2n) is 6.00. The van der Waals surface area contributed by atoms with Gasteiger partial charge in [0.05, 0.1) is 5.75 Å². The number of hydrogen-bond donors (Lipinski definition) is 1. The minimum absolute atomic E-state index is 0.0722. The third-order valence-electron chi connectivity index (χ3n) is 3.45. The minimum Gasteiger partial charge on any atom is -0.322 e. The summed E-state index contributed by atoms with van der Waals surface area (Å²) in [4.78, 5) is 12.3. The molecule has 0 spiro atoms. The number of rotatable bonds is 5. The molecule has 0 bridgehead atoms. The lowest BCUT2D eigenvalue weighted by molar-refractivity contribution is 0.102. The van der Waals surface area contributed by atoms with Crippen LogP contribution in [0.15, 0.2) is 48.5 Å². The second kappa shape index (κ2) is 6.96. The van der Waals surface area contributed by atoms with Crippen molar-refractivity contribution in [3.63, 3.8) is 0 Å². The maximum Gasteiger partial charge on any atom is 0.255 e. The molecule has 4 nitrogen and oxygen atoms in total. The van der Waals surface area contributed by atoms with E-state index in [1.165, 1.54) is 11.8 Å². The normalized spacial score (nSPS) is 11.5. The summed E-state index contributed by atoms with van der Waals surface area (Å²) in [5.41, 5.74) is 2.97. The largest absolute Gasteiger partial charge is 0.322 e. The molecule has 122 valence electrons. The van der Waals surface area contributed by atoms with Gasteiger partial charge in [-0.1, -0.05) is 38.1 Å². The van der Waals surface area contributed by atoms with Crippen LogP contribution < -0.4 is 5.32 Å². The highest BCUT2D eigenvalue weighted by Crippen LogP contribution is 2.18. The van der Waals surface area contributed by atoms with Crippen LogP contribution in [0, 0.1) is 0 Å². The quantitative estimate of drug-likeness (QED) is 0.910. The van der Waals surface area contributed by atoms with Crippen LogP contribution in [0.2, 0.25) is 0 Å². The van der Waals surface area contributed by atoms with Crippen molar-refractivity contribution in [2.24, 2.45) is 0 Å². The van der Waals surface area contributed by atoms with E-state index in [-0.39, 0.29) is 11.7 Å². The first-order valence-corrected chi connectivity index (χ1v) is 9.48. The standard InChI is InChI=1S/C18H21NO3S/c1-13(2)15-7-9-17(10-8-15)19-18(20)16-6-4-5-14(11-16)12-23(3,21)22/h4-11,13H,12H2,1-3H3,(H,19,20). The maximum absolute atomic E-state index is 12.3. The fraction of sp³-hybridized carbons (Fsp3) is 0.278. The van der Waals surface area contributed by atoms with Gasteiger partial charge in [0.2, 0.25) is 0 Å². The van der Waals surface area contributed by atoms with Crippen LogP contribution in [-0.4, -0.2) is 20.6 Å². The van der Waals surface area contributed by atoms with Gasteiger partial charge in [-0.3, -0.25) is 4.79 Å². The van der Waals surface area contributed by atoms with E-state index in [9.17, 15) is 13.2 Å². The van der Waals surface area contributed by atoms with Gasteiger partial charge in [0.25, 0.3) is 5.91 Å². The van der Waals surface area contributed by atoms with E-state index in [2.05, 4.69) is 19.2 Å². The highest BCUT2D eigenvalue weighted by molar-refractivity contribution is 7.89. The first kappa shape index (κ1) is 17.2. The van der Waals surface area contributed by atoms with Crippen LogP contribution in [0.4, 0.5) is 5.69 Å². The van der Waals surface area contributed by atoms with Crippen LogP contribution in [-0.2, 0) is 15.6 Å². The molecule has 1 N–H and O–H groups in total. The van der Waals surface area contributed by atoms with Gasteiger partial charge in [0.1, 0.15) is 0 Å². The fourth-order valence-corrected chi connectivity index (χ4v) is 3.04. The number of hydrogen-bond acceptors (Lipinski definition) is 3. The minimum atomic E-state index is -3.12. The predicted octanol–water partition coefficient (Wildman–Crippen LogP) is 3.61. The van der Waals surface area contributed by atoms with Crippen molar-refractivity contribution in [3.8, 4) is 0 Å². The number of nitrogens with one attached hydrogen (secondary N) is 1. The van der Waals surface area contributed by atoms with Gasteiger partial charge in [-0.05, 0) is 41.3 Å². The summed E-state index contributed by atoms with van der Waals surface area (Å²) in [7, 11) is -3.12. The topological polar surface area (TPSA) is 63.2 Å². The van der Waals surface area contributed by atoms with Gasteiger partial charge in [0, 0.05) is 17.5 Å². The zero-order valence-electron chi connectivity index (χ0n) is 13.5. The number of carbonyl (C=O) groups is 1. The van der Waals surface area contributed by atoms with Gasteiger partial charge >= 0.3 is 0 Å². The van der Waals surface area contributed by atoms with Gasteiger partial charge < -0.3 is 5.32 Å². The Morgan fingerprint density at radius 2 is 1.74 bits per heavy atom. The molecule has 0 aliphatic rings. The average Bonchev–Trinajstić information content (AvgIpc) is 2.46. The van der Waals surface area contributed by atoms with Gasteiger partial charge in [-0.15, -0.1) is 0 Å². The van der Waals surface area contributed by atoms with Gasteiger partial charge in [0.15, 0.2) is 9.84 Å². The van der Waals surface area contributed by atoms with E-state index in [4.69, 9.17) is 0 Å². The lowest BCUT2D eigenvalue weighted by Crippen LogP contribution is -2.12. The number of benzene rings is 2. The molecule has 0 radical (unpaired) electrons. The van der Waals surface area contributed by atoms with Crippen molar-refractivity contribution in [1.82, 2.24) is 0 Å². The summed E-state index contributed by atoms with van der Waals surface area (Å²) >= 11 is 0. The van der Waals surface area contributed by atoms with E-state index in [0.29, 0.717) is 22.7 Å². The molecular weight excluding hydrogens is 310 g/mol. The third-order valence-corrected chi connectivity index (χ3v) is 4.31. The maximum atomic E-state index is 12.3. The molecule has 1 amide bonds. The highest BCUT2D eigenvalue weighted by Gasteiger charge is 2.10. The lowest BCUT2D eigenvalue weighted by atomic mass is 10.0. The van der Waals surface area contributed by atoms with E-state index in [1.54, 1.807) is 24.3 Å². The van der Waals surface area contributed by atoms with Crippen molar-refractivity contribution in [2.75, 3.05) is 11.6 Å². The van der Waals surface area contributed by atoms with Crippen LogP contribution in [0.1, 0.15) is 41.3 Å². The highest BCUT2D eigenvalue weighted by atomic mass is 32.2. The average molecular weight is 331 g/mol. The van der Waals surface area contributed by atoms with Gasteiger partial charge in [-0.2, -0.15) is 0 Å². The van der Waals surface area contributed by atoms with Crippen molar-refractivity contribution < 1.29 is 13.2 Å². The first-order valence-electron chi connectivity index (χ1n) is 7.42. The molecule has 0 heterocycles. The molecular formula is C18H21NO3S. The Hall–Kier alpha value is -2.14. The van der Waals surface area contributed by atoms with E-state index in [1.807, 2.05) is 24.3 Å². The molecule has 23 heavy (non-hydrogen) atoms. The van der Waals surface area contributed by atoms with Gasteiger partial charge in [-0.25, -0.2) is 8.42 Å². The Kier molecular flexibility index (Phi) is 5.21. The summed E-state index contributed by atoms with van der Waals surface area (Å²) in [6.45, 7) is 4.22. The predicted molar refractivity (Wildman–Crippen MR) is 93.5 cm³/mol. The Morgan fingerprint density at radius 1 is 1.09 bits per heavy atom. The Labute approximate surface area is 137 Å². The third kappa shape index (κ3) is 5.21. The summed E-state index contributed by atoms with van der Waals surface area (Å²) in [5.74, 6) is 0.113. The zero-order valence-corrected chi connectivity index (χ0v) is 14.4. The summed E-state index contributed by atoms with van der Waals surface area (Å²) < 4.78 is 22.7. The number of carbonyl (C=O) groups excluding carboxylic acids is 1. The summed E-state index contributed by atoms with van der Waals surface area (Å²) in [6.07, 6.45) is 1.18. The number of anilines is 1. The summed E-state index contributed by atoms with van der Waals surface area (Å²) in [5, 5.41) is 2.83. The SMILES string of the molecule is CC(C)c1ccc(NC(=O)c2cccc(CS(C)(=O)=O)c2)cc1. The van der Waals surface area contributed by atoms with Crippen LogP contribution in [0.25, 0.3) is 0 Å². The molecule has 0 unspecified atom stereocenters. The molecule has 0 saturated carbocycles. The first-order chi connectivity index (χ1) is 10.7. The van der Waals surface area contributed by atoms with Crippen LogP contribution >= 0.6 is 0 Å². The molecule has 0 saturated heterocycles. The van der Waals surface area contributed by atoms with Crippen molar-refractivity contribution >= 4 is 21.4 Å². The molecule has 0 aromatic heterocycles. The second-order valence-corrected chi connectivity index (χ2v) is 8.14. The summed E-state index contributed by atoms with van der Waals surface area (Å²) in [6, 6.07) is 14.4. The molecule has 5 heteroatoms. The smallest absolute Gasteiger partial charge is 0.255 e. The van der Waals surface area contributed by atoms with E-state index >= 15 is 0 Å². The van der Waals surface area contributed by atoms with Crippen molar-refractivity contribution in [1.29, 1.82) is 0 Å². The molecule has 2 rings (SSSR count). The molecule has 0 fully saturated rings. The Morgan fingerprint density at radius 3 is 2.30 bits per heavy atom. The molecule has 2 aromatic rings. The van der Waals surface area contributed by atoms with Crippen molar-refractivity contribution in [3.05, 3.63) is 65.2 Å². The molecule has 0 atom stereocenters. The van der Waals surface area contributed by atoms with Crippen LogP contribution in [0.3, 0.4) is 0 Å². The van der Waals surface area contributed by atoms with E-state index in [0.717, 1.165) is 0 Å². The van der Waals surface area contributed by atoms with Crippen molar-refractivity contribution in [2.45, 2.75) is 25.5 Å². The monoisotopic (exact) mass is 331 g/mol.